The SMILES string of the molecule is CCN1C(=O)c2c(C(=O)NCc3cc(OC)ccc3OC)ncn2C[C@]1(C)C(=O)NC1CCCC1. The number of rotatable bonds is 8. The molecule has 4 rings (SSSR count). The summed E-state index contributed by atoms with van der Waals surface area (Å²) < 4.78 is 12.2. The molecule has 1 aliphatic carbocycles. The third-order valence-corrected chi connectivity index (χ3v) is 7.00. The molecule has 0 unspecified atom stereocenters. The maximum absolute atomic E-state index is 13.5. The van der Waals surface area contributed by atoms with Crippen molar-refractivity contribution in [1.29, 1.82) is 0 Å². The first-order valence-electron chi connectivity index (χ1n) is 12.0. The summed E-state index contributed by atoms with van der Waals surface area (Å²) in [6, 6.07) is 5.46. The molecule has 1 aromatic carbocycles. The van der Waals surface area contributed by atoms with E-state index in [0.717, 1.165) is 31.2 Å². The van der Waals surface area contributed by atoms with Crippen LogP contribution in [-0.4, -0.2) is 64.5 Å². The predicted octanol–water partition coefficient (Wildman–Crippen LogP) is 2.12. The van der Waals surface area contributed by atoms with E-state index in [1.807, 2.05) is 6.92 Å². The molecule has 188 valence electrons. The van der Waals surface area contributed by atoms with E-state index in [2.05, 4.69) is 15.6 Å². The molecular formula is C25H33N5O5. The van der Waals surface area contributed by atoms with E-state index in [0.29, 0.717) is 18.0 Å². The normalized spacial score (nSPS) is 19.9. The van der Waals surface area contributed by atoms with Gasteiger partial charge in [-0.3, -0.25) is 14.4 Å². The molecule has 10 nitrogen and oxygen atoms in total. The lowest BCUT2D eigenvalue weighted by Gasteiger charge is -2.43. The number of carbonyl (C=O) groups is 3. The number of nitrogens with zero attached hydrogens (tertiary/aromatic N) is 3. The third-order valence-electron chi connectivity index (χ3n) is 7.00. The molecule has 2 aromatic rings. The van der Waals surface area contributed by atoms with Crippen molar-refractivity contribution in [2.45, 2.75) is 64.2 Å². The minimum atomic E-state index is -1.07. The first-order chi connectivity index (χ1) is 16.8. The van der Waals surface area contributed by atoms with Gasteiger partial charge in [0.05, 0.1) is 27.1 Å². The molecule has 1 aliphatic heterocycles. The largest absolute Gasteiger partial charge is 0.497 e. The molecule has 0 bridgehead atoms. The smallest absolute Gasteiger partial charge is 0.273 e. The van der Waals surface area contributed by atoms with Crippen LogP contribution < -0.4 is 20.1 Å². The van der Waals surface area contributed by atoms with Crippen LogP contribution >= 0.6 is 0 Å². The molecule has 0 spiro atoms. The maximum Gasteiger partial charge on any atom is 0.273 e. The quantitative estimate of drug-likeness (QED) is 0.595. The van der Waals surface area contributed by atoms with Crippen LogP contribution in [0.3, 0.4) is 0 Å². The number of likely N-dealkylation sites (N-methyl/N-ethyl adjacent to an activating group) is 1. The fraction of sp³-hybridized carbons (Fsp3) is 0.520. The van der Waals surface area contributed by atoms with E-state index >= 15 is 0 Å². The number of ether oxygens (including phenoxy) is 2. The summed E-state index contributed by atoms with van der Waals surface area (Å²) in [7, 11) is 3.12. The Morgan fingerprint density at radius 3 is 2.60 bits per heavy atom. The number of hydrogen-bond donors (Lipinski definition) is 2. The Labute approximate surface area is 205 Å². The number of hydrogen-bond acceptors (Lipinski definition) is 6. The second-order valence-corrected chi connectivity index (χ2v) is 9.21. The summed E-state index contributed by atoms with van der Waals surface area (Å²) in [6.45, 7) is 4.33. The zero-order valence-corrected chi connectivity index (χ0v) is 20.7. The average molecular weight is 484 g/mol. The first-order valence-corrected chi connectivity index (χ1v) is 12.0. The van der Waals surface area contributed by atoms with Gasteiger partial charge in [0.15, 0.2) is 5.69 Å². The molecule has 1 atom stereocenters. The summed E-state index contributed by atoms with van der Waals surface area (Å²) in [6.07, 6.45) is 5.58. The molecule has 10 heteroatoms. The zero-order chi connectivity index (χ0) is 25.2. The highest BCUT2D eigenvalue weighted by atomic mass is 16.5. The predicted molar refractivity (Wildman–Crippen MR) is 128 cm³/mol. The van der Waals surface area contributed by atoms with Crippen LogP contribution in [0.25, 0.3) is 0 Å². The van der Waals surface area contributed by atoms with Crippen LogP contribution in [0, 0.1) is 0 Å². The number of carbonyl (C=O) groups excluding carboxylic acids is 3. The van der Waals surface area contributed by atoms with Crippen LogP contribution in [0.15, 0.2) is 24.5 Å². The van der Waals surface area contributed by atoms with E-state index < -0.39 is 11.4 Å². The highest BCUT2D eigenvalue weighted by Crippen LogP contribution is 2.30. The summed E-state index contributed by atoms with van der Waals surface area (Å²) in [5, 5.41) is 5.95. The van der Waals surface area contributed by atoms with E-state index in [9.17, 15) is 14.4 Å². The minimum Gasteiger partial charge on any atom is -0.497 e. The van der Waals surface area contributed by atoms with Gasteiger partial charge in [-0.25, -0.2) is 4.98 Å². The molecule has 2 aliphatic rings. The Hall–Kier alpha value is -3.56. The van der Waals surface area contributed by atoms with Gasteiger partial charge in [-0.2, -0.15) is 0 Å². The van der Waals surface area contributed by atoms with E-state index in [1.165, 1.54) is 11.2 Å². The topological polar surface area (TPSA) is 115 Å². The minimum absolute atomic E-state index is 0.0357. The molecule has 1 saturated carbocycles. The summed E-state index contributed by atoms with van der Waals surface area (Å²) in [5.41, 5.74) is -0.114. The Kier molecular flexibility index (Phi) is 7.00. The van der Waals surface area contributed by atoms with Crippen LogP contribution in [-0.2, 0) is 17.9 Å². The van der Waals surface area contributed by atoms with Crippen LogP contribution in [0.5, 0.6) is 11.5 Å². The van der Waals surface area contributed by atoms with E-state index in [4.69, 9.17) is 9.47 Å². The lowest BCUT2D eigenvalue weighted by molar-refractivity contribution is -0.133. The highest BCUT2D eigenvalue weighted by Gasteiger charge is 2.48. The summed E-state index contributed by atoms with van der Waals surface area (Å²) in [4.78, 5) is 45.6. The Bertz CT molecular complexity index is 1120. The first kappa shape index (κ1) is 24.6. The van der Waals surface area contributed by atoms with Crippen LogP contribution in [0.2, 0.25) is 0 Å². The number of imidazole rings is 1. The van der Waals surface area contributed by atoms with Crippen molar-refractivity contribution in [2.75, 3.05) is 20.8 Å². The number of benzene rings is 1. The fourth-order valence-corrected chi connectivity index (χ4v) is 5.04. The lowest BCUT2D eigenvalue weighted by Crippen LogP contribution is -2.64. The van der Waals surface area contributed by atoms with Gasteiger partial charge >= 0.3 is 0 Å². The monoisotopic (exact) mass is 483 g/mol. The van der Waals surface area contributed by atoms with Gasteiger partial charge in [-0.05, 0) is 44.9 Å². The van der Waals surface area contributed by atoms with Gasteiger partial charge < -0.3 is 29.6 Å². The Morgan fingerprint density at radius 1 is 1.20 bits per heavy atom. The average Bonchev–Trinajstić information content (AvgIpc) is 3.52. The molecule has 3 amide bonds. The number of fused-ring (bicyclic) bond motifs is 1. The number of methoxy groups -OCH3 is 2. The van der Waals surface area contributed by atoms with Gasteiger partial charge in [0.25, 0.3) is 11.8 Å². The van der Waals surface area contributed by atoms with Crippen molar-refractivity contribution >= 4 is 17.7 Å². The molecule has 0 radical (unpaired) electrons. The van der Waals surface area contributed by atoms with Crippen molar-refractivity contribution in [3.05, 3.63) is 41.5 Å². The summed E-state index contributed by atoms with van der Waals surface area (Å²) >= 11 is 0. The second kappa shape index (κ2) is 9.97. The van der Waals surface area contributed by atoms with Crippen LogP contribution in [0.1, 0.15) is 66.1 Å². The van der Waals surface area contributed by atoms with Gasteiger partial charge in [0.1, 0.15) is 22.7 Å². The van der Waals surface area contributed by atoms with Crippen molar-refractivity contribution in [2.24, 2.45) is 0 Å². The molecule has 1 fully saturated rings. The van der Waals surface area contributed by atoms with Crippen LogP contribution in [0.4, 0.5) is 0 Å². The number of nitrogens with one attached hydrogen (secondary N) is 2. The molecule has 2 heterocycles. The van der Waals surface area contributed by atoms with Gasteiger partial charge in [-0.1, -0.05) is 12.8 Å². The zero-order valence-electron chi connectivity index (χ0n) is 20.7. The molecule has 0 saturated heterocycles. The van der Waals surface area contributed by atoms with Gasteiger partial charge in [0, 0.05) is 24.7 Å². The maximum atomic E-state index is 13.5. The fourth-order valence-electron chi connectivity index (χ4n) is 5.04. The van der Waals surface area contributed by atoms with E-state index in [-0.39, 0.29) is 42.3 Å². The molecule has 1 aromatic heterocycles. The summed E-state index contributed by atoms with van der Waals surface area (Å²) in [5.74, 6) is 0.208. The van der Waals surface area contributed by atoms with Crippen molar-refractivity contribution in [3.63, 3.8) is 0 Å². The van der Waals surface area contributed by atoms with Crippen molar-refractivity contribution in [1.82, 2.24) is 25.1 Å². The molecular weight excluding hydrogens is 450 g/mol. The van der Waals surface area contributed by atoms with Crippen molar-refractivity contribution < 1.29 is 23.9 Å². The van der Waals surface area contributed by atoms with E-state index in [1.54, 1.807) is 43.9 Å². The Morgan fingerprint density at radius 2 is 1.94 bits per heavy atom. The van der Waals surface area contributed by atoms with Crippen molar-refractivity contribution in [3.8, 4) is 11.5 Å². The van der Waals surface area contributed by atoms with Gasteiger partial charge in [0.2, 0.25) is 5.91 Å². The Balaban J connectivity index is 1.54. The molecule has 35 heavy (non-hydrogen) atoms. The number of amides is 3. The second-order valence-electron chi connectivity index (χ2n) is 9.21. The highest BCUT2D eigenvalue weighted by molar-refractivity contribution is 6.07. The lowest BCUT2D eigenvalue weighted by atomic mass is 9.94. The standard InChI is InChI=1S/C25H33N5O5/c1-5-30-23(32)21-20(22(31)26-13-16-12-18(34-3)10-11-19(16)35-4)27-15-29(21)14-25(30,2)24(33)28-17-8-6-7-9-17/h10-12,15,17H,5-9,13-14H2,1-4H3,(H,26,31)(H,28,33)/t25-/m1/s1. The van der Waals surface area contributed by atoms with Gasteiger partial charge in [-0.15, -0.1) is 0 Å². The number of aromatic nitrogens is 2. The molecule has 2 N–H and O–H groups in total. The third kappa shape index (κ3) is 4.56.